The molecular formula is C12H9ClF3NO2. The van der Waals surface area contributed by atoms with Crippen LogP contribution < -0.4 is 5.63 Å². The third kappa shape index (κ3) is 2.58. The number of benzene rings is 1. The molecule has 1 aromatic heterocycles. The molecule has 0 saturated carbocycles. The molecule has 1 heterocycles. The summed E-state index contributed by atoms with van der Waals surface area (Å²) in [5.74, 6) is -0.196. The van der Waals surface area contributed by atoms with E-state index in [1.165, 1.54) is 6.07 Å². The number of aromatic nitrogens is 1. The molecule has 0 bridgehead atoms. The fourth-order valence-corrected chi connectivity index (χ4v) is 1.74. The predicted octanol–water partition coefficient (Wildman–Crippen LogP) is 3.90. The lowest BCUT2D eigenvalue weighted by molar-refractivity contribution is -0.136. The monoisotopic (exact) mass is 291 g/mol. The second-order valence-electron chi connectivity index (χ2n) is 3.91. The van der Waals surface area contributed by atoms with Gasteiger partial charge >= 0.3 is 11.8 Å². The summed E-state index contributed by atoms with van der Waals surface area (Å²) in [6.07, 6.45) is -4.21. The Balaban J connectivity index is 2.80. The van der Waals surface area contributed by atoms with Crippen LogP contribution in [0, 0.1) is 0 Å². The topological polar surface area (TPSA) is 43.1 Å². The van der Waals surface area contributed by atoms with Crippen LogP contribution in [0.25, 0.3) is 10.9 Å². The Morgan fingerprint density at radius 2 is 2.11 bits per heavy atom. The van der Waals surface area contributed by atoms with Crippen molar-refractivity contribution in [2.45, 2.75) is 24.9 Å². The van der Waals surface area contributed by atoms with Gasteiger partial charge in [0.05, 0.1) is 16.5 Å². The second-order valence-corrected chi connectivity index (χ2v) is 4.44. The molecule has 19 heavy (non-hydrogen) atoms. The van der Waals surface area contributed by atoms with Crippen molar-refractivity contribution in [2.24, 2.45) is 0 Å². The highest BCUT2D eigenvalue weighted by Crippen LogP contribution is 2.34. The van der Waals surface area contributed by atoms with E-state index in [0.29, 0.717) is 6.42 Å². The number of nitrogens with zero attached hydrogens (tertiary/aromatic N) is 1. The summed E-state index contributed by atoms with van der Waals surface area (Å²) in [7, 11) is 0. The molecule has 7 heteroatoms. The van der Waals surface area contributed by atoms with E-state index >= 15 is 0 Å². The fraction of sp³-hybridized carbons (Fsp3) is 0.333. The van der Waals surface area contributed by atoms with Gasteiger partial charge in [0, 0.05) is 0 Å². The van der Waals surface area contributed by atoms with Gasteiger partial charge < -0.3 is 4.42 Å². The number of hydrogen-bond donors (Lipinski definition) is 0. The zero-order chi connectivity index (χ0) is 14.2. The molecule has 2 rings (SSSR count). The van der Waals surface area contributed by atoms with E-state index in [4.69, 9.17) is 16.0 Å². The first-order chi connectivity index (χ1) is 8.84. The average molecular weight is 292 g/mol. The molecule has 0 N–H and O–H groups in total. The summed E-state index contributed by atoms with van der Waals surface area (Å²) in [6, 6.07) is 3.25. The van der Waals surface area contributed by atoms with Crippen molar-refractivity contribution in [2.75, 3.05) is 0 Å². The summed E-state index contributed by atoms with van der Waals surface area (Å²) in [6.45, 7) is 1.71. The Kier molecular flexibility index (Phi) is 3.54. The Hall–Kier alpha value is -1.56. The molecule has 0 radical (unpaired) electrons. The molecule has 0 spiro atoms. The molecule has 0 aliphatic carbocycles. The van der Waals surface area contributed by atoms with E-state index in [9.17, 15) is 18.0 Å². The molecule has 0 saturated heterocycles. The summed E-state index contributed by atoms with van der Waals surface area (Å²) in [5.41, 5.74) is -2.27. The van der Waals surface area contributed by atoms with Crippen LogP contribution in [0.3, 0.4) is 0 Å². The molecule has 0 aliphatic rings. The SMILES string of the molecule is CCC(Cl)c1nc2c(C(F)(F)F)cccc2c(=O)o1. The third-order valence-electron chi connectivity index (χ3n) is 2.61. The Bertz CT molecular complexity index is 666. The van der Waals surface area contributed by atoms with Gasteiger partial charge in [-0.2, -0.15) is 13.2 Å². The lowest BCUT2D eigenvalue weighted by Gasteiger charge is -2.10. The molecule has 1 unspecified atom stereocenters. The van der Waals surface area contributed by atoms with Gasteiger partial charge in [-0.05, 0) is 18.6 Å². The van der Waals surface area contributed by atoms with Crippen LogP contribution in [0.2, 0.25) is 0 Å². The molecule has 1 aromatic carbocycles. The smallest absolute Gasteiger partial charge is 0.406 e. The van der Waals surface area contributed by atoms with Crippen molar-refractivity contribution in [1.29, 1.82) is 0 Å². The maximum atomic E-state index is 12.9. The van der Waals surface area contributed by atoms with Crippen molar-refractivity contribution in [3.8, 4) is 0 Å². The quantitative estimate of drug-likeness (QED) is 0.788. The lowest BCUT2D eigenvalue weighted by atomic mass is 10.1. The first-order valence-electron chi connectivity index (χ1n) is 5.49. The van der Waals surface area contributed by atoms with Crippen LogP contribution in [0.1, 0.15) is 30.2 Å². The standard InChI is InChI=1S/C12H9ClF3NO2/c1-2-8(13)10-17-9-6(11(18)19-10)4-3-5-7(9)12(14,15)16/h3-5,8H,2H2,1H3. The van der Waals surface area contributed by atoms with Gasteiger partial charge in [-0.1, -0.05) is 13.0 Å². The zero-order valence-corrected chi connectivity index (χ0v) is 10.5. The van der Waals surface area contributed by atoms with Crippen LogP contribution in [0.5, 0.6) is 0 Å². The van der Waals surface area contributed by atoms with Crippen molar-refractivity contribution in [3.05, 3.63) is 40.1 Å². The van der Waals surface area contributed by atoms with Crippen molar-refractivity contribution in [3.63, 3.8) is 0 Å². The highest BCUT2D eigenvalue weighted by molar-refractivity contribution is 6.20. The third-order valence-corrected chi connectivity index (χ3v) is 3.10. The van der Waals surface area contributed by atoms with Gasteiger partial charge in [-0.3, -0.25) is 0 Å². The molecule has 102 valence electrons. The first-order valence-corrected chi connectivity index (χ1v) is 5.93. The Morgan fingerprint density at radius 1 is 1.42 bits per heavy atom. The number of halogens is 4. The zero-order valence-electron chi connectivity index (χ0n) is 9.79. The molecule has 2 aromatic rings. The van der Waals surface area contributed by atoms with Crippen LogP contribution in [-0.4, -0.2) is 4.98 Å². The normalized spacial score (nSPS) is 13.7. The molecule has 0 amide bonds. The molecule has 0 aliphatic heterocycles. The number of hydrogen-bond acceptors (Lipinski definition) is 3. The van der Waals surface area contributed by atoms with Crippen molar-refractivity contribution >= 4 is 22.5 Å². The first kappa shape index (κ1) is 13.9. The Labute approximate surface area is 111 Å². The number of fused-ring (bicyclic) bond motifs is 1. The average Bonchev–Trinajstić information content (AvgIpc) is 2.35. The minimum atomic E-state index is -4.59. The van der Waals surface area contributed by atoms with Gasteiger partial charge in [0.15, 0.2) is 0 Å². The van der Waals surface area contributed by atoms with Crippen LogP contribution >= 0.6 is 11.6 Å². The van der Waals surface area contributed by atoms with Crippen LogP contribution in [0.15, 0.2) is 27.4 Å². The molecule has 3 nitrogen and oxygen atoms in total. The van der Waals surface area contributed by atoms with E-state index in [-0.39, 0.29) is 11.3 Å². The lowest BCUT2D eigenvalue weighted by Crippen LogP contribution is -2.12. The van der Waals surface area contributed by atoms with Crippen molar-refractivity contribution < 1.29 is 17.6 Å². The van der Waals surface area contributed by atoms with Gasteiger partial charge in [0.2, 0.25) is 5.89 Å². The number of rotatable bonds is 2. The van der Waals surface area contributed by atoms with E-state index in [1.807, 2.05) is 0 Å². The molecule has 0 fully saturated rings. The minimum Gasteiger partial charge on any atom is -0.406 e. The van der Waals surface area contributed by atoms with Gasteiger partial charge in [0.25, 0.3) is 0 Å². The van der Waals surface area contributed by atoms with Crippen molar-refractivity contribution in [1.82, 2.24) is 4.98 Å². The minimum absolute atomic E-state index is 0.196. The second kappa shape index (κ2) is 4.85. The summed E-state index contributed by atoms with van der Waals surface area (Å²) >= 11 is 5.85. The summed E-state index contributed by atoms with van der Waals surface area (Å²) in [5, 5.41) is -0.947. The van der Waals surface area contributed by atoms with Gasteiger partial charge in [-0.15, -0.1) is 11.6 Å². The van der Waals surface area contributed by atoms with E-state index < -0.39 is 28.3 Å². The highest BCUT2D eigenvalue weighted by atomic mass is 35.5. The Morgan fingerprint density at radius 3 is 2.68 bits per heavy atom. The van der Waals surface area contributed by atoms with Gasteiger partial charge in [0.1, 0.15) is 5.38 Å². The van der Waals surface area contributed by atoms with Crippen LogP contribution in [-0.2, 0) is 6.18 Å². The summed E-state index contributed by atoms with van der Waals surface area (Å²) < 4.78 is 43.4. The van der Waals surface area contributed by atoms with Gasteiger partial charge in [-0.25, -0.2) is 9.78 Å². The number of alkyl halides is 4. The number of para-hydroxylation sites is 1. The molecular weight excluding hydrogens is 283 g/mol. The summed E-state index contributed by atoms with van der Waals surface area (Å²) in [4.78, 5) is 15.4. The van der Waals surface area contributed by atoms with E-state index in [0.717, 1.165) is 12.1 Å². The van der Waals surface area contributed by atoms with Crippen LogP contribution in [0.4, 0.5) is 13.2 Å². The maximum Gasteiger partial charge on any atom is 0.418 e. The predicted molar refractivity (Wildman–Crippen MR) is 64.2 cm³/mol. The maximum absolute atomic E-state index is 12.9. The molecule has 1 atom stereocenters. The van der Waals surface area contributed by atoms with E-state index in [2.05, 4.69) is 4.98 Å². The largest absolute Gasteiger partial charge is 0.418 e. The fourth-order valence-electron chi connectivity index (χ4n) is 1.65. The highest BCUT2D eigenvalue weighted by Gasteiger charge is 2.34. The van der Waals surface area contributed by atoms with E-state index in [1.54, 1.807) is 6.92 Å².